The summed E-state index contributed by atoms with van der Waals surface area (Å²) >= 11 is 0. The lowest BCUT2D eigenvalue weighted by molar-refractivity contribution is 0.111. The standard InChI is InChI=1S/C15H11FO3/c1-19-14-6-5-10(7-12(14)9-18)15-11(8-17)3-2-4-13(15)16/h2-9H,1H3. The van der Waals surface area contributed by atoms with Crippen LogP contribution in [-0.4, -0.2) is 19.7 Å². The predicted molar refractivity (Wildman–Crippen MR) is 69.2 cm³/mol. The van der Waals surface area contributed by atoms with Crippen molar-refractivity contribution < 1.29 is 18.7 Å². The molecule has 0 atom stereocenters. The van der Waals surface area contributed by atoms with E-state index in [4.69, 9.17) is 4.74 Å². The van der Waals surface area contributed by atoms with Crippen molar-refractivity contribution in [3.05, 3.63) is 53.3 Å². The fraction of sp³-hybridized carbons (Fsp3) is 0.0667. The second-order valence-corrected chi connectivity index (χ2v) is 3.90. The Labute approximate surface area is 109 Å². The van der Waals surface area contributed by atoms with Crippen molar-refractivity contribution in [2.45, 2.75) is 0 Å². The smallest absolute Gasteiger partial charge is 0.153 e. The Morgan fingerprint density at radius 1 is 1.05 bits per heavy atom. The summed E-state index contributed by atoms with van der Waals surface area (Å²) in [7, 11) is 1.45. The molecular formula is C15H11FO3. The summed E-state index contributed by atoms with van der Waals surface area (Å²) in [5.74, 6) is -0.102. The van der Waals surface area contributed by atoms with E-state index in [1.807, 2.05) is 0 Å². The molecule has 0 amide bonds. The molecule has 0 saturated heterocycles. The Kier molecular flexibility index (Phi) is 3.71. The summed E-state index contributed by atoms with van der Waals surface area (Å²) in [6.07, 6.45) is 1.22. The number of halogens is 1. The highest BCUT2D eigenvalue weighted by molar-refractivity contribution is 5.90. The van der Waals surface area contributed by atoms with E-state index >= 15 is 0 Å². The van der Waals surface area contributed by atoms with Crippen LogP contribution in [0.25, 0.3) is 11.1 Å². The number of ether oxygens (including phenoxy) is 1. The van der Waals surface area contributed by atoms with Crippen molar-refractivity contribution in [1.82, 2.24) is 0 Å². The Balaban J connectivity index is 2.66. The van der Waals surface area contributed by atoms with Gasteiger partial charge < -0.3 is 4.74 Å². The summed E-state index contributed by atoms with van der Waals surface area (Å²) < 4.78 is 18.9. The van der Waals surface area contributed by atoms with E-state index in [-0.39, 0.29) is 11.1 Å². The minimum Gasteiger partial charge on any atom is -0.496 e. The van der Waals surface area contributed by atoms with Gasteiger partial charge >= 0.3 is 0 Å². The van der Waals surface area contributed by atoms with E-state index in [2.05, 4.69) is 0 Å². The van der Waals surface area contributed by atoms with E-state index in [0.29, 0.717) is 29.4 Å². The number of hydrogen-bond donors (Lipinski definition) is 0. The van der Waals surface area contributed by atoms with Crippen LogP contribution in [0.15, 0.2) is 36.4 Å². The number of carbonyl (C=O) groups excluding carboxylic acids is 2. The zero-order valence-electron chi connectivity index (χ0n) is 10.2. The molecule has 2 rings (SSSR count). The first-order valence-corrected chi connectivity index (χ1v) is 5.58. The highest BCUT2D eigenvalue weighted by atomic mass is 19.1. The number of rotatable bonds is 4. The first-order chi connectivity index (χ1) is 9.21. The van der Waals surface area contributed by atoms with Crippen LogP contribution in [0.3, 0.4) is 0 Å². The maximum atomic E-state index is 13.9. The van der Waals surface area contributed by atoms with Crippen molar-refractivity contribution in [2.75, 3.05) is 7.11 Å². The van der Waals surface area contributed by atoms with Gasteiger partial charge in [0.2, 0.25) is 0 Å². The van der Waals surface area contributed by atoms with E-state index in [9.17, 15) is 14.0 Å². The Morgan fingerprint density at radius 3 is 2.42 bits per heavy atom. The first-order valence-electron chi connectivity index (χ1n) is 5.58. The molecule has 96 valence electrons. The van der Waals surface area contributed by atoms with Gasteiger partial charge in [-0.25, -0.2) is 4.39 Å². The van der Waals surface area contributed by atoms with Crippen LogP contribution in [0.2, 0.25) is 0 Å². The quantitative estimate of drug-likeness (QED) is 0.791. The minimum atomic E-state index is -0.508. The van der Waals surface area contributed by atoms with Gasteiger partial charge in [0.1, 0.15) is 11.6 Å². The number of methoxy groups -OCH3 is 1. The molecule has 0 aliphatic rings. The third-order valence-corrected chi connectivity index (χ3v) is 2.82. The van der Waals surface area contributed by atoms with Crippen LogP contribution < -0.4 is 4.74 Å². The topological polar surface area (TPSA) is 43.4 Å². The van der Waals surface area contributed by atoms with Gasteiger partial charge in [0.25, 0.3) is 0 Å². The second-order valence-electron chi connectivity index (χ2n) is 3.90. The minimum absolute atomic E-state index is 0.184. The lowest BCUT2D eigenvalue weighted by atomic mass is 9.98. The molecule has 0 heterocycles. The first kappa shape index (κ1) is 13.0. The lowest BCUT2D eigenvalue weighted by Crippen LogP contribution is -1.95. The number of hydrogen-bond acceptors (Lipinski definition) is 3. The predicted octanol–water partition coefficient (Wildman–Crippen LogP) is 3.13. The summed E-state index contributed by atoms with van der Waals surface area (Å²) in [6.45, 7) is 0. The van der Waals surface area contributed by atoms with Crippen molar-refractivity contribution in [3.63, 3.8) is 0 Å². The Bertz CT molecular complexity index is 635. The molecule has 0 aromatic heterocycles. The molecule has 19 heavy (non-hydrogen) atoms. The highest BCUT2D eigenvalue weighted by Gasteiger charge is 2.12. The van der Waals surface area contributed by atoms with E-state index in [0.717, 1.165) is 0 Å². The number of aldehydes is 2. The van der Waals surface area contributed by atoms with Gasteiger partial charge in [-0.05, 0) is 23.8 Å². The van der Waals surface area contributed by atoms with E-state index in [1.54, 1.807) is 12.1 Å². The molecule has 0 N–H and O–H groups in total. The van der Waals surface area contributed by atoms with Crippen LogP contribution >= 0.6 is 0 Å². The molecule has 0 fully saturated rings. The molecule has 0 spiro atoms. The summed E-state index contributed by atoms with van der Waals surface area (Å²) in [4.78, 5) is 21.9. The van der Waals surface area contributed by atoms with Crippen LogP contribution in [0.4, 0.5) is 4.39 Å². The maximum absolute atomic E-state index is 13.9. The lowest BCUT2D eigenvalue weighted by Gasteiger charge is -2.09. The molecule has 0 bridgehead atoms. The van der Waals surface area contributed by atoms with Crippen molar-refractivity contribution in [1.29, 1.82) is 0 Å². The zero-order valence-corrected chi connectivity index (χ0v) is 10.2. The maximum Gasteiger partial charge on any atom is 0.153 e. The third kappa shape index (κ3) is 2.38. The normalized spacial score (nSPS) is 10.0. The van der Waals surface area contributed by atoms with Gasteiger partial charge in [-0.2, -0.15) is 0 Å². The Hall–Kier alpha value is -2.49. The van der Waals surface area contributed by atoms with Crippen LogP contribution in [0.5, 0.6) is 5.75 Å². The number of benzene rings is 2. The Morgan fingerprint density at radius 2 is 1.79 bits per heavy atom. The highest BCUT2D eigenvalue weighted by Crippen LogP contribution is 2.29. The second kappa shape index (κ2) is 5.44. The third-order valence-electron chi connectivity index (χ3n) is 2.82. The fourth-order valence-corrected chi connectivity index (χ4v) is 1.93. The molecule has 0 saturated carbocycles. The molecule has 4 heteroatoms. The number of carbonyl (C=O) groups is 2. The molecule has 3 nitrogen and oxygen atoms in total. The van der Waals surface area contributed by atoms with Gasteiger partial charge in [-0.1, -0.05) is 18.2 Å². The van der Waals surface area contributed by atoms with E-state index in [1.165, 1.54) is 31.4 Å². The summed E-state index contributed by atoms with van der Waals surface area (Å²) in [5, 5.41) is 0. The zero-order chi connectivity index (χ0) is 13.8. The van der Waals surface area contributed by atoms with Gasteiger partial charge in [-0.3, -0.25) is 9.59 Å². The summed E-state index contributed by atoms with van der Waals surface area (Å²) in [6, 6.07) is 8.94. The molecular weight excluding hydrogens is 247 g/mol. The summed E-state index contributed by atoms with van der Waals surface area (Å²) in [5.41, 5.74) is 1.19. The van der Waals surface area contributed by atoms with Gasteiger partial charge in [0.15, 0.2) is 12.6 Å². The fourth-order valence-electron chi connectivity index (χ4n) is 1.93. The molecule has 0 aliphatic carbocycles. The van der Waals surface area contributed by atoms with Gasteiger partial charge in [0.05, 0.1) is 12.7 Å². The van der Waals surface area contributed by atoms with Gasteiger partial charge in [-0.15, -0.1) is 0 Å². The molecule has 0 radical (unpaired) electrons. The van der Waals surface area contributed by atoms with Crippen molar-refractivity contribution in [3.8, 4) is 16.9 Å². The van der Waals surface area contributed by atoms with Crippen LogP contribution in [0.1, 0.15) is 20.7 Å². The van der Waals surface area contributed by atoms with Crippen LogP contribution in [-0.2, 0) is 0 Å². The average molecular weight is 258 g/mol. The van der Waals surface area contributed by atoms with E-state index < -0.39 is 5.82 Å². The largest absolute Gasteiger partial charge is 0.496 e. The monoisotopic (exact) mass is 258 g/mol. The SMILES string of the molecule is COc1ccc(-c2c(F)cccc2C=O)cc1C=O. The van der Waals surface area contributed by atoms with Crippen molar-refractivity contribution >= 4 is 12.6 Å². The molecule has 0 aliphatic heterocycles. The average Bonchev–Trinajstić information content (AvgIpc) is 2.46. The molecule has 2 aromatic rings. The van der Waals surface area contributed by atoms with Crippen molar-refractivity contribution in [2.24, 2.45) is 0 Å². The molecule has 2 aromatic carbocycles. The van der Waals surface area contributed by atoms with Crippen LogP contribution in [0, 0.1) is 5.82 Å². The molecule has 0 unspecified atom stereocenters. The van der Waals surface area contributed by atoms with Gasteiger partial charge in [0, 0.05) is 11.1 Å².